The van der Waals surface area contributed by atoms with Crippen LogP contribution in [-0.4, -0.2) is 43.2 Å². The average Bonchev–Trinajstić information content (AvgIpc) is 2.79. The van der Waals surface area contributed by atoms with Gasteiger partial charge in [0.05, 0.1) is 0 Å². The van der Waals surface area contributed by atoms with Crippen molar-refractivity contribution in [3.05, 3.63) is 65.7 Å². The van der Waals surface area contributed by atoms with Crippen LogP contribution in [0.2, 0.25) is 0 Å². The van der Waals surface area contributed by atoms with Gasteiger partial charge in [0.25, 0.3) is 0 Å². The molecule has 3 heteroatoms. The first-order valence-electron chi connectivity index (χ1n) is 13.3. The van der Waals surface area contributed by atoms with E-state index in [4.69, 9.17) is 5.73 Å². The molecule has 0 radical (unpaired) electrons. The zero-order chi connectivity index (χ0) is 23.6. The van der Waals surface area contributed by atoms with E-state index in [-0.39, 0.29) is 0 Å². The molecule has 2 aromatic carbocycles. The van der Waals surface area contributed by atoms with Crippen LogP contribution in [0, 0.1) is 11.8 Å². The van der Waals surface area contributed by atoms with Crippen LogP contribution in [0.15, 0.2) is 54.6 Å². The van der Waals surface area contributed by atoms with Gasteiger partial charge in [0.2, 0.25) is 0 Å². The lowest BCUT2D eigenvalue weighted by Gasteiger charge is -2.41. The van der Waals surface area contributed by atoms with Gasteiger partial charge in [0.15, 0.2) is 0 Å². The molecule has 1 heterocycles. The highest BCUT2D eigenvalue weighted by molar-refractivity contribution is 5.49. The first-order chi connectivity index (χ1) is 15.9. The van der Waals surface area contributed by atoms with Gasteiger partial charge in [0.1, 0.15) is 0 Å². The molecular formula is C30H47N3. The Labute approximate surface area is 203 Å². The molecular weight excluding hydrogens is 402 g/mol. The molecule has 3 rings (SSSR count). The normalized spacial score (nSPS) is 16.5. The summed E-state index contributed by atoms with van der Waals surface area (Å²) >= 11 is 0. The summed E-state index contributed by atoms with van der Waals surface area (Å²) in [7, 11) is 0. The van der Waals surface area contributed by atoms with Crippen LogP contribution < -0.4 is 10.6 Å². The van der Waals surface area contributed by atoms with Gasteiger partial charge in [0, 0.05) is 44.0 Å². The molecule has 1 fully saturated rings. The van der Waals surface area contributed by atoms with Crippen molar-refractivity contribution in [3.63, 3.8) is 0 Å². The fourth-order valence-corrected chi connectivity index (χ4v) is 5.13. The van der Waals surface area contributed by atoms with Crippen molar-refractivity contribution in [3.8, 4) is 0 Å². The van der Waals surface area contributed by atoms with Crippen LogP contribution in [0.4, 0.5) is 5.69 Å². The SMILES string of the molecule is CC(C)CCN(c1ccc(CCc2ccccc2)cc1)C1CCN(C[C@@H](N)CC(C)C)CC1. The maximum atomic E-state index is 6.40. The van der Waals surface area contributed by atoms with Crippen molar-refractivity contribution in [2.75, 3.05) is 31.1 Å². The molecule has 3 nitrogen and oxygen atoms in total. The van der Waals surface area contributed by atoms with Crippen LogP contribution in [0.25, 0.3) is 0 Å². The Morgan fingerprint density at radius 2 is 1.45 bits per heavy atom. The third kappa shape index (κ3) is 8.79. The molecule has 0 bridgehead atoms. The van der Waals surface area contributed by atoms with E-state index >= 15 is 0 Å². The van der Waals surface area contributed by atoms with Gasteiger partial charge in [-0.25, -0.2) is 0 Å². The molecule has 0 saturated carbocycles. The van der Waals surface area contributed by atoms with Crippen LogP contribution in [-0.2, 0) is 12.8 Å². The number of anilines is 1. The second-order valence-corrected chi connectivity index (χ2v) is 10.9. The van der Waals surface area contributed by atoms with E-state index in [0.29, 0.717) is 18.0 Å². The van der Waals surface area contributed by atoms with Crippen molar-refractivity contribution in [1.29, 1.82) is 0 Å². The Morgan fingerprint density at radius 3 is 2.03 bits per heavy atom. The Kier molecular flexibility index (Phi) is 10.3. The maximum absolute atomic E-state index is 6.40. The lowest BCUT2D eigenvalue weighted by atomic mass is 9.98. The Hall–Kier alpha value is -1.84. The summed E-state index contributed by atoms with van der Waals surface area (Å²) < 4.78 is 0. The third-order valence-corrected chi connectivity index (χ3v) is 7.03. The number of hydrogen-bond acceptors (Lipinski definition) is 3. The van der Waals surface area contributed by atoms with Crippen LogP contribution in [0.5, 0.6) is 0 Å². The van der Waals surface area contributed by atoms with Crippen molar-refractivity contribution in [2.45, 2.75) is 78.3 Å². The molecule has 0 unspecified atom stereocenters. The van der Waals surface area contributed by atoms with Crippen molar-refractivity contribution >= 4 is 5.69 Å². The monoisotopic (exact) mass is 449 g/mol. The molecule has 2 aromatic rings. The first kappa shape index (κ1) is 25.8. The van der Waals surface area contributed by atoms with Crippen molar-refractivity contribution in [1.82, 2.24) is 4.90 Å². The number of nitrogens with two attached hydrogens (primary N) is 1. The van der Waals surface area contributed by atoms with Gasteiger partial charge in [-0.3, -0.25) is 0 Å². The molecule has 33 heavy (non-hydrogen) atoms. The van der Waals surface area contributed by atoms with Gasteiger partial charge in [-0.15, -0.1) is 0 Å². The Morgan fingerprint density at radius 1 is 0.848 bits per heavy atom. The average molecular weight is 450 g/mol. The van der Waals surface area contributed by atoms with E-state index in [1.54, 1.807) is 0 Å². The topological polar surface area (TPSA) is 32.5 Å². The first-order valence-corrected chi connectivity index (χ1v) is 13.3. The van der Waals surface area contributed by atoms with Crippen LogP contribution in [0.1, 0.15) is 64.5 Å². The molecule has 1 atom stereocenters. The lowest BCUT2D eigenvalue weighted by Crippen LogP contribution is -2.48. The highest BCUT2D eigenvalue weighted by Gasteiger charge is 2.26. The summed E-state index contributed by atoms with van der Waals surface area (Å²) in [5.74, 6) is 1.41. The van der Waals surface area contributed by atoms with E-state index in [0.717, 1.165) is 38.3 Å². The third-order valence-electron chi connectivity index (χ3n) is 7.03. The highest BCUT2D eigenvalue weighted by Crippen LogP contribution is 2.26. The Bertz CT molecular complexity index is 776. The predicted octanol–water partition coefficient (Wildman–Crippen LogP) is 6.16. The van der Waals surface area contributed by atoms with Gasteiger partial charge in [-0.1, -0.05) is 70.2 Å². The minimum absolute atomic E-state index is 0.307. The molecule has 2 N–H and O–H groups in total. The van der Waals surface area contributed by atoms with Gasteiger partial charge in [-0.2, -0.15) is 0 Å². The second-order valence-electron chi connectivity index (χ2n) is 10.9. The molecule has 0 aromatic heterocycles. The van der Waals surface area contributed by atoms with Gasteiger partial charge >= 0.3 is 0 Å². The minimum atomic E-state index is 0.307. The van der Waals surface area contributed by atoms with E-state index in [1.807, 2.05) is 0 Å². The summed E-state index contributed by atoms with van der Waals surface area (Å²) in [4.78, 5) is 5.29. The summed E-state index contributed by atoms with van der Waals surface area (Å²) in [6.45, 7) is 13.8. The minimum Gasteiger partial charge on any atom is -0.368 e. The standard InChI is InChI=1S/C30H47N3/c1-24(2)16-21-33(30-17-19-32(20-18-30)23-28(31)22-25(3)4)29-14-12-27(13-15-29)11-10-26-8-6-5-7-9-26/h5-9,12-15,24-25,28,30H,10-11,16-23,31H2,1-4H3/t28-/m0/s1. The zero-order valence-corrected chi connectivity index (χ0v) is 21.5. The summed E-state index contributed by atoms with van der Waals surface area (Å²) in [6.07, 6.45) is 7.05. The number of benzene rings is 2. The van der Waals surface area contributed by atoms with E-state index in [9.17, 15) is 0 Å². The van der Waals surface area contributed by atoms with E-state index in [1.165, 1.54) is 49.2 Å². The van der Waals surface area contributed by atoms with Crippen LogP contribution >= 0.6 is 0 Å². The largest absolute Gasteiger partial charge is 0.368 e. The zero-order valence-electron chi connectivity index (χ0n) is 21.5. The lowest BCUT2D eigenvalue weighted by molar-refractivity contribution is 0.191. The molecule has 0 spiro atoms. The number of aryl methyl sites for hydroxylation is 2. The van der Waals surface area contributed by atoms with Crippen LogP contribution in [0.3, 0.4) is 0 Å². The molecule has 182 valence electrons. The van der Waals surface area contributed by atoms with Crippen molar-refractivity contribution in [2.24, 2.45) is 17.6 Å². The number of likely N-dealkylation sites (tertiary alicyclic amines) is 1. The number of piperidine rings is 1. The predicted molar refractivity (Wildman–Crippen MR) is 144 cm³/mol. The van der Waals surface area contributed by atoms with Gasteiger partial charge in [-0.05, 0) is 73.6 Å². The number of hydrogen-bond donors (Lipinski definition) is 1. The molecule has 1 aliphatic heterocycles. The Balaban J connectivity index is 1.58. The summed E-state index contributed by atoms with van der Waals surface area (Å²) in [6, 6.07) is 21.2. The highest BCUT2D eigenvalue weighted by atomic mass is 15.2. The summed E-state index contributed by atoms with van der Waals surface area (Å²) in [5.41, 5.74) is 10.6. The smallest absolute Gasteiger partial charge is 0.0368 e. The van der Waals surface area contributed by atoms with E-state index in [2.05, 4.69) is 92.1 Å². The summed E-state index contributed by atoms with van der Waals surface area (Å²) in [5, 5.41) is 0. The van der Waals surface area contributed by atoms with E-state index < -0.39 is 0 Å². The molecule has 0 aliphatic carbocycles. The van der Waals surface area contributed by atoms with Gasteiger partial charge < -0.3 is 15.5 Å². The molecule has 1 aliphatic rings. The quantitative estimate of drug-likeness (QED) is 0.421. The molecule has 1 saturated heterocycles. The fraction of sp³-hybridized carbons (Fsp3) is 0.600. The van der Waals surface area contributed by atoms with Crippen molar-refractivity contribution < 1.29 is 0 Å². The molecule has 0 amide bonds. The number of nitrogens with zero attached hydrogens (tertiary/aromatic N) is 2. The fourth-order valence-electron chi connectivity index (χ4n) is 5.13. The maximum Gasteiger partial charge on any atom is 0.0368 e. The second kappa shape index (κ2) is 13.2. The number of rotatable bonds is 12.